The van der Waals surface area contributed by atoms with Gasteiger partial charge in [0.15, 0.2) is 0 Å². The number of hydrogen-bond donors (Lipinski definition) is 1. The van der Waals surface area contributed by atoms with Gasteiger partial charge in [-0.2, -0.15) is 0 Å². The summed E-state index contributed by atoms with van der Waals surface area (Å²) in [6.45, 7) is 0.383. The molecule has 1 rings (SSSR count). The van der Waals surface area contributed by atoms with E-state index in [2.05, 4.69) is 4.74 Å². The van der Waals surface area contributed by atoms with E-state index in [0.717, 1.165) is 5.56 Å². The van der Waals surface area contributed by atoms with Crippen LogP contribution in [0.25, 0.3) is 0 Å². The van der Waals surface area contributed by atoms with Gasteiger partial charge in [-0.3, -0.25) is 0 Å². The van der Waals surface area contributed by atoms with Crippen molar-refractivity contribution < 1.29 is 14.3 Å². The maximum absolute atomic E-state index is 11.3. The molecule has 1 aromatic carbocycles. The molecular formula is C10H13NO3. The highest BCUT2D eigenvalue weighted by molar-refractivity contribution is 5.92. The van der Waals surface area contributed by atoms with E-state index in [1.54, 1.807) is 12.1 Å². The molecule has 0 saturated heterocycles. The van der Waals surface area contributed by atoms with Crippen LogP contribution in [0.4, 0.5) is 0 Å². The molecular weight excluding hydrogens is 182 g/mol. The second kappa shape index (κ2) is 4.62. The Hall–Kier alpha value is -1.55. The van der Waals surface area contributed by atoms with Crippen molar-refractivity contribution in [1.29, 1.82) is 0 Å². The van der Waals surface area contributed by atoms with Crippen LogP contribution in [0.5, 0.6) is 5.75 Å². The van der Waals surface area contributed by atoms with Gasteiger partial charge in [-0.1, -0.05) is 6.07 Å². The SMILES string of the molecule is COC(=O)c1cc(CN)ccc1OC. The lowest BCUT2D eigenvalue weighted by molar-refractivity contribution is 0.0597. The Morgan fingerprint density at radius 3 is 2.64 bits per heavy atom. The average Bonchev–Trinajstić information content (AvgIpc) is 2.27. The van der Waals surface area contributed by atoms with Crippen molar-refractivity contribution in [2.24, 2.45) is 5.73 Å². The molecule has 0 saturated carbocycles. The molecule has 2 N–H and O–H groups in total. The third-order valence-electron chi connectivity index (χ3n) is 1.90. The summed E-state index contributed by atoms with van der Waals surface area (Å²) in [5.74, 6) is 0.0752. The monoisotopic (exact) mass is 195 g/mol. The van der Waals surface area contributed by atoms with Gasteiger partial charge in [0.25, 0.3) is 0 Å². The number of ether oxygens (including phenoxy) is 2. The number of methoxy groups -OCH3 is 2. The Morgan fingerprint density at radius 1 is 1.43 bits per heavy atom. The first-order chi connectivity index (χ1) is 6.72. The molecule has 0 heterocycles. The highest BCUT2D eigenvalue weighted by Gasteiger charge is 2.12. The summed E-state index contributed by atoms with van der Waals surface area (Å²) in [4.78, 5) is 11.3. The van der Waals surface area contributed by atoms with Crippen LogP contribution in [0, 0.1) is 0 Å². The van der Waals surface area contributed by atoms with E-state index in [9.17, 15) is 4.79 Å². The molecule has 0 amide bonds. The molecule has 76 valence electrons. The maximum atomic E-state index is 11.3. The molecule has 0 bridgehead atoms. The Labute approximate surface area is 82.6 Å². The second-order valence-corrected chi connectivity index (χ2v) is 2.73. The van der Waals surface area contributed by atoms with E-state index in [1.165, 1.54) is 14.2 Å². The van der Waals surface area contributed by atoms with E-state index < -0.39 is 5.97 Å². The Kier molecular flexibility index (Phi) is 3.48. The smallest absolute Gasteiger partial charge is 0.341 e. The molecule has 4 nitrogen and oxygen atoms in total. The van der Waals surface area contributed by atoms with E-state index >= 15 is 0 Å². The average molecular weight is 195 g/mol. The van der Waals surface area contributed by atoms with Gasteiger partial charge in [0.05, 0.1) is 14.2 Å². The van der Waals surface area contributed by atoms with E-state index in [1.807, 2.05) is 6.07 Å². The molecule has 0 aliphatic carbocycles. The van der Waals surface area contributed by atoms with Crippen LogP contribution in [0.3, 0.4) is 0 Å². The lowest BCUT2D eigenvalue weighted by atomic mass is 10.1. The number of carbonyl (C=O) groups is 1. The molecule has 0 unspecified atom stereocenters. The molecule has 14 heavy (non-hydrogen) atoms. The minimum atomic E-state index is -0.419. The van der Waals surface area contributed by atoms with Crippen molar-refractivity contribution in [2.75, 3.05) is 14.2 Å². The first kappa shape index (κ1) is 10.5. The standard InChI is InChI=1S/C10H13NO3/c1-13-9-4-3-7(6-11)5-8(9)10(12)14-2/h3-5H,6,11H2,1-2H3. The zero-order valence-corrected chi connectivity index (χ0v) is 8.24. The quantitative estimate of drug-likeness (QED) is 0.729. The Balaban J connectivity index is 3.14. The third-order valence-corrected chi connectivity index (χ3v) is 1.90. The molecule has 0 fully saturated rings. The molecule has 0 aromatic heterocycles. The maximum Gasteiger partial charge on any atom is 0.341 e. The van der Waals surface area contributed by atoms with Gasteiger partial charge in [0, 0.05) is 6.54 Å². The fraction of sp³-hybridized carbons (Fsp3) is 0.300. The predicted octanol–water partition coefficient (Wildman–Crippen LogP) is 0.941. The number of nitrogens with two attached hydrogens (primary N) is 1. The van der Waals surface area contributed by atoms with E-state index in [0.29, 0.717) is 17.9 Å². The van der Waals surface area contributed by atoms with Gasteiger partial charge in [-0.05, 0) is 17.7 Å². The zero-order valence-electron chi connectivity index (χ0n) is 8.24. The first-order valence-corrected chi connectivity index (χ1v) is 4.18. The van der Waals surface area contributed by atoms with Gasteiger partial charge in [0.1, 0.15) is 11.3 Å². The fourth-order valence-corrected chi connectivity index (χ4v) is 1.15. The normalized spacial score (nSPS) is 9.64. The number of carbonyl (C=O) groups excluding carboxylic acids is 1. The van der Waals surface area contributed by atoms with Gasteiger partial charge in [-0.25, -0.2) is 4.79 Å². The largest absolute Gasteiger partial charge is 0.496 e. The summed E-state index contributed by atoms with van der Waals surface area (Å²) >= 11 is 0. The Morgan fingerprint density at radius 2 is 2.14 bits per heavy atom. The summed E-state index contributed by atoms with van der Waals surface area (Å²) in [6.07, 6.45) is 0. The number of hydrogen-bond acceptors (Lipinski definition) is 4. The molecule has 0 radical (unpaired) electrons. The van der Waals surface area contributed by atoms with Gasteiger partial charge in [0.2, 0.25) is 0 Å². The predicted molar refractivity (Wildman–Crippen MR) is 52.2 cm³/mol. The number of rotatable bonds is 3. The van der Waals surface area contributed by atoms with Gasteiger partial charge >= 0.3 is 5.97 Å². The summed E-state index contributed by atoms with van der Waals surface area (Å²) in [5.41, 5.74) is 6.73. The Bertz CT molecular complexity index is 336. The van der Waals surface area contributed by atoms with Crippen LogP contribution >= 0.6 is 0 Å². The number of esters is 1. The van der Waals surface area contributed by atoms with Crippen LogP contribution in [-0.4, -0.2) is 20.2 Å². The topological polar surface area (TPSA) is 61.5 Å². The first-order valence-electron chi connectivity index (χ1n) is 4.18. The summed E-state index contributed by atoms with van der Waals surface area (Å²) in [6, 6.07) is 5.18. The lowest BCUT2D eigenvalue weighted by Crippen LogP contribution is -2.06. The minimum Gasteiger partial charge on any atom is -0.496 e. The minimum absolute atomic E-state index is 0.383. The summed E-state index contributed by atoms with van der Waals surface area (Å²) < 4.78 is 9.64. The molecule has 4 heteroatoms. The summed E-state index contributed by atoms with van der Waals surface area (Å²) in [5, 5.41) is 0. The second-order valence-electron chi connectivity index (χ2n) is 2.73. The van der Waals surface area contributed by atoms with Gasteiger partial charge < -0.3 is 15.2 Å². The van der Waals surface area contributed by atoms with E-state index in [4.69, 9.17) is 10.5 Å². The van der Waals surface area contributed by atoms with Crippen molar-refractivity contribution >= 4 is 5.97 Å². The van der Waals surface area contributed by atoms with Crippen molar-refractivity contribution in [2.45, 2.75) is 6.54 Å². The van der Waals surface area contributed by atoms with Crippen LogP contribution in [0.2, 0.25) is 0 Å². The molecule has 0 aliphatic heterocycles. The van der Waals surface area contributed by atoms with Crippen LogP contribution in [-0.2, 0) is 11.3 Å². The third kappa shape index (κ3) is 2.03. The van der Waals surface area contributed by atoms with E-state index in [-0.39, 0.29) is 0 Å². The zero-order chi connectivity index (χ0) is 10.6. The van der Waals surface area contributed by atoms with Crippen LogP contribution in [0.1, 0.15) is 15.9 Å². The van der Waals surface area contributed by atoms with Crippen molar-refractivity contribution in [1.82, 2.24) is 0 Å². The lowest BCUT2D eigenvalue weighted by Gasteiger charge is -2.07. The van der Waals surface area contributed by atoms with Crippen LogP contribution < -0.4 is 10.5 Å². The molecule has 0 atom stereocenters. The summed E-state index contributed by atoms with van der Waals surface area (Å²) in [7, 11) is 2.83. The van der Waals surface area contributed by atoms with Gasteiger partial charge in [-0.15, -0.1) is 0 Å². The van der Waals surface area contributed by atoms with Crippen molar-refractivity contribution in [3.05, 3.63) is 29.3 Å². The highest BCUT2D eigenvalue weighted by atomic mass is 16.5. The molecule has 0 spiro atoms. The fourth-order valence-electron chi connectivity index (χ4n) is 1.15. The van der Waals surface area contributed by atoms with Crippen LogP contribution in [0.15, 0.2) is 18.2 Å². The molecule has 0 aliphatic rings. The van der Waals surface area contributed by atoms with Crippen molar-refractivity contribution in [3.63, 3.8) is 0 Å². The van der Waals surface area contributed by atoms with Crippen molar-refractivity contribution in [3.8, 4) is 5.75 Å². The highest BCUT2D eigenvalue weighted by Crippen LogP contribution is 2.20. The molecule has 1 aromatic rings. The number of benzene rings is 1.